The Bertz CT molecular complexity index is 758. The molecular formula is C12H13N3O4S. The average Bonchev–Trinajstić information content (AvgIpc) is 2.43. The third-order valence-corrected chi connectivity index (χ3v) is 3.61. The largest absolute Gasteiger partial charge is 0.481 e. The highest BCUT2D eigenvalue weighted by molar-refractivity contribution is 7.89. The van der Waals surface area contributed by atoms with Gasteiger partial charge in [-0.25, -0.2) is 13.6 Å². The molecule has 1 heterocycles. The summed E-state index contributed by atoms with van der Waals surface area (Å²) in [4.78, 5) is 15.2. The van der Waals surface area contributed by atoms with Crippen LogP contribution in [-0.4, -0.2) is 33.0 Å². The molecule has 20 heavy (non-hydrogen) atoms. The number of aromatic nitrogens is 1. The van der Waals surface area contributed by atoms with Crippen molar-refractivity contribution in [3.8, 4) is 5.75 Å². The summed E-state index contributed by atoms with van der Waals surface area (Å²) < 4.78 is 28.4. The Morgan fingerprint density at radius 2 is 2.15 bits per heavy atom. The van der Waals surface area contributed by atoms with Crippen LogP contribution in [-0.2, 0) is 14.8 Å². The number of carbonyl (C=O) groups excluding carboxylic acids is 1. The zero-order chi connectivity index (χ0) is 14.8. The van der Waals surface area contributed by atoms with Crippen molar-refractivity contribution in [3.05, 3.63) is 30.5 Å². The molecule has 0 radical (unpaired) electrons. The van der Waals surface area contributed by atoms with Gasteiger partial charge in [-0.1, -0.05) is 0 Å². The number of sulfonamides is 1. The molecule has 0 saturated heterocycles. The van der Waals surface area contributed by atoms with Crippen LogP contribution >= 0.6 is 0 Å². The number of likely N-dealkylation sites (N-methyl/N-ethyl adjacent to an activating group) is 1. The van der Waals surface area contributed by atoms with Gasteiger partial charge in [0.25, 0.3) is 5.91 Å². The number of pyridine rings is 1. The quantitative estimate of drug-likeness (QED) is 0.825. The van der Waals surface area contributed by atoms with Gasteiger partial charge in [-0.15, -0.1) is 0 Å². The van der Waals surface area contributed by atoms with Crippen molar-refractivity contribution >= 4 is 26.8 Å². The van der Waals surface area contributed by atoms with Crippen LogP contribution in [0.4, 0.5) is 0 Å². The maximum absolute atomic E-state index is 11.5. The highest BCUT2D eigenvalue weighted by atomic mass is 32.2. The standard InChI is InChI=1S/C12H13N3O4S/c1-14-11(16)7-19-9-4-5-10(20(13,17)18)8-3-2-6-15-12(8)9/h2-6H,7H2,1H3,(H,14,16)(H2,13,17,18). The molecule has 0 bridgehead atoms. The number of fused-ring (bicyclic) bond motifs is 1. The number of primary sulfonamides is 1. The Morgan fingerprint density at radius 3 is 2.80 bits per heavy atom. The van der Waals surface area contributed by atoms with E-state index >= 15 is 0 Å². The van der Waals surface area contributed by atoms with Gasteiger partial charge in [0.05, 0.1) is 4.90 Å². The molecule has 2 aromatic rings. The van der Waals surface area contributed by atoms with Gasteiger partial charge < -0.3 is 10.1 Å². The van der Waals surface area contributed by atoms with Crippen LogP contribution in [0.5, 0.6) is 5.75 Å². The zero-order valence-corrected chi connectivity index (χ0v) is 11.5. The van der Waals surface area contributed by atoms with Crippen LogP contribution in [0.15, 0.2) is 35.4 Å². The normalized spacial score (nSPS) is 11.3. The van der Waals surface area contributed by atoms with Gasteiger partial charge in [0.1, 0.15) is 11.3 Å². The second-order valence-electron chi connectivity index (χ2n) is 3.97. The summed E-state index contributed by atoms with van der Waals surface area (Å²) in [6.45, 7) is -0.184. The van der Waals surface area contributed by atoms with E-state index in [0.717, 1.165) is 0 Å². The fourth-order valence-electron chi connectivity index (χ4n) is 1.70. The van der Waals surface area contributed by atoms with Gasteiger partial charge in [-0.05, 0) is 24.3 Å². The number of rotatable bonds is 4. The maximum atomic E-state index is 11.5. The van der Waals surface area contributed by atoms with Crippen LogP contribution in [0, 0.1) is 0 Å². The van der Waals surface area contributed by atoms with Crippen LogP contribution in [0.1, 0.15) is 0 Å². The molecule has 8 heteroatoms. The second-order valence-corrected chi connectivity index (χ2v) is 5.50. The van der Waals surface area contributed by atoms with Gasteiger partial charge in [-0.3, -0.25) is 9.78 Å². The molecule has 0 saturated carbocycles. The summed E-state index contributed by atoms with van der Waals surface area (Å²) >= 11 is 0. The molecule has 0 aliphatic carbocycles. The first-order chi connectivity index (χ1) is 9.43. The Hall–Kier alpha value is -2.19. The lowest BCUT2D eigenvalue weighted by molar-refractivity contribution is -0.122. The average molecular weight is 295 g/mol. The van der Waals surface area contributed by atoms with Crippen molar-refractivity contribution < 1.29 is 17.9 Å². The monoisotopic (exact) mass is 295 g/mol. The van der Waals surface area contributed by atoms with E-state index in [9.17, 15) is 13.2 Å². The molecule has 0 aliphatic heterocycles. The van der Waals surface area contributed by atoms with Crippen molar-refractivity contribution in [1.29, 1.82) is 0 Å². The van der Waals surface area contributed by atoms with Crippen molar-refractivity contribution in [2.75, 3.05) is 13.7 Å². The Labute approximate surface area is 115 Å². The molecule has 0 aliphatic rings. The number of nitrogens with two attached hydrogens (primary N) is 1. The summed E-state index contributed by atoms with van der Waals surface area (Å²) in [5, 5.41) is 7.93. The summed E-state index contributed by atoms with van der Waals surface area (Å²) in [7, 11) is -2.36. The van der Waals surface area contributed by atoms with Crippen LogP contribution in [0.25, 0.3) is 10.9 Å². The van der Waals surface area contributed by atoms with Gasteiger partial charge in [0.2, 0.25) is 10.0 Å². The predicted molar refractivity (Wildman–Crippen MR) is 72.7 cm³/mol. The number of carbonyl (C=O) groups is 1. The first kappa shape index (κ1) is 14.2. The third-order valence-electron chi connectivity index (χ3n) is 2.64. The predicted octanol–water partition coefficient (Wildman–Crippen LogP) is 0.00700. The second kappa shape index (κ2) is 5.43. The van der Waals surface area contributed by atoms with Crippen LogP contribution < -0.4 is 15.2 Å². The third kappa shape index (κ3) is 2.86. The van der Waals surface area contributed by atoms with Gasteiger partial charge in [-0.2, -0.15) is 0 Å². The molecule has 1 aromatic heterocycles. The van der Waals surface area contributed by atoms with E-state index in [2.05, 4.69) is 10.3 Å². The molecule has 2 rings (SSSR count). The van der Waals surface area contributed by atoms with E-state index in [1.165, 1.54) is 25.4 Å². The lowest BCUT2D eigenvalue weighted by Crippen LogP contribution is -2.25. The molecule has 1 amide bonds. The Balaban J connectivity index is 2.52. The molecular weight excluding hydrogens is 282 g/mol. The van der Waals surface area contributed by atoms with E-state index in [1.807, 2.05) is 0 Å². The molecule has 3 N–H and O–H groups in total. The zero-order valence-electron chi connectivity index (χ0n) is 10.7. The lowest BCUT2D eigenvalue weighted by Gasteiger charge is -2.10. The van der Waals surface area contributed by atoms with Gasteiger partial charge in [0.15, 0.2) is 6.61 Å². The molecule has 0 fully saturated rings. The minimum absolute atomic E-state index is 0.0344. The molecule has 0 spiro atoms. The molecule has 106 valence electrons. The number of nitrogens with zero attached hydrogens (tertiary/aromatic N) is 1. The summed E-state index contributed by atoms with van der Waals surface area (Å²) in [5.41, 5.74) is 0.336. The fraction of sp³-hybridized carbons (Fsp3) is 0.167. The SMILES string of the molecule is CNC(=O)COc1ccc(S(N)(=O)=O)c2cccnc12. The molecule has 7 nitrogen and oxygen atoms in total. The summed E-state index contributed by atoms with van der Waals surface area (Å²) in [6, 6.07) is 5.94. The van der Waals surface area contributed by atoms with E-state index in [4.69, 9.17) is 9.88 Å². The van der Waals surface area contributed by atoms with E-state index in [-0.39, 0.29) is 17.4 Å². The first-order valence-corrected chi connectivity index (χ1v) is 7.22. The lowest BCUT2D eigenvalue weighted by atomic mass is 10.2. The highest BCUT2D eigenvalue weighted by Gasteiger charge is 2.16. The maximum Gasteiger partial charge on any atom is 0.257 e. The van der Waals surface area contributed by atoms with Crippen LogP contribution in [0.3, 0.4) is 0 Å². The number of hydrogen-bond donors (Lipinski definition) is 2. The number of ether oxygens (including phenoxy) is 1. The number of amides is 1. The Morgan fingerprint density at radius 1 is 1.40 bits per heavy atom. The van der Waals surface area contributed by atoms with Crippen molar-refractivity contribution in [1.82, 2.24) is 10.3 Å². The van der Waals surface area contributed by atoms with Gasteiger partial charge >= 0.3 is 0 Å². The summed E-state index contributed by atoms with van der Waals surface area (Å²) in [6.07, 6.45) is 1.50. The Kier molecular flexibility index (Phi) is 3.86. The van der Waals surface area contributed by atoms with Crippen molar-refractivity contribution in [2.24, 2.45) is 5.14 Å². The molecule has 1 aromatic carbocycles. The van der Waals surface area contributed by atoms with E-state index in [1.54, 1.807) is 12.1 Å². The first-order valence-electron chi connectivity index (χ1n) is 5.67. The van der Waals surface area contributed by atoms with Crippen LogP contribution in [0.2, 0.25) is 0 Å². The topological polar surface area (TPSA) is 111 Å². The van der Waals surface area contributed by atoms with E-state index < -0.39 is 10.0 Å². The minimum Gasteiger partial charge on any atom is -0.481 e. The number of nitrogens with one attached hydrogen (secondary N) is 1. The molecule has 0 unspecified atom stereocenters. The van der Waals surface area contributed by atoms with Crippen molar-refractivity contribution in [3.63, 3.8) is 0 Å². The fourth-order valence-corrected chi connectivity index (χ4v) is 2.43. The van der Waals surface area contributed by atoms with Crippen molar-refractivity contribution in [2.45, 2.75) is 4.90 Å². The highest BCUT2D eigenvalue weighted by Crippen LogP contribution is 2.28. The molecule has 0 atom stereocenters. The summed E-state index contributed by atoms with van der Waals surface area (Å²) in [5.74, 6) is 0.0150. The van der Waals surface area contributed by atoms with Gasteiger partial charge in [0, 0.05) is 18.6 Å². The van der Waals surface area contributed by atoms with E-state index in [0.29, 0.717) is 16.7 Å². The minimum atomic E-state index is -3.86. The number of hydrogen-bond acceptors (Lipinski definition) is 5. The number of benzene rings is 1. The smallest absolute Gasteiger partial charge is 0.257 e.